The smallest absolute Gasteiger partial charge is 0.163 e. The largest absolute Gasteiger partial charge is 0.312 e. The summed E-state index contributed by atoms with van der Waals surface area (Å²) in [4.78, 5) is 12.3. The molecule has 18 heavy (non-hydrogen) atoms. The van der Waals surface area contributed by atoms with Gasteiger partial charge in [0.15, 0.2) is 5.78 Å². The summed E-state index contributed by atoms with van der Waals surface area (Å²) in [6, 6.07) is 6.29. The van der Waals surface area contributed by atoms with Crippen LogP contribution in [0.15, 0.2) is 18.2 Å². The maximum atomic E-state index is 12.3. The molecule has 0 amide bonds. The monoisotopic (exact) mass is 243 g/mol. The van der Waals surface area contributed by atoms with Crippen molar-refractivity contribution in [3.8, 4) is 0 Å². The minimum Gasteiger partial charge on any atom is -0.312 e. The molecule has 2 aliphatic rings. The SMILES string of the molecule is O=C(CC1CCCC1)c1ccc2c(c1)CNCC2. The van der Waals surface area contributed by atoms with Crippen molar-refractivity contribution in [2.45, 2.75) is 45.1 Å². The van der Waals surface area contributed by atoms with Crippen LogP contribution in [0.2, 0.25) is 0 Å². The Hall–Kier alpha value is -1.15. The molecule has 1 N–H and O–H groups in total. The highest BCUT2D eigenvalue weighted by atomic mass is 16.1. The third-order valence-corrected chi connectivity index (χ3v) is 4.36. The fourth-order valence-electron chi connectivity index (χ4n) is 3.25. The zero-order valence-corrected chi connectivity index (χ0v) is 10.9. The summed E-state index contributed by atoms with van der Waals surface area (Å²) in [7, 11) is 0. The molecule has 0 saturated heterocycles. The number of Topliss-reactive ketones (excluding diaryl/α,β-unsaturated/α-hetero) is 1. The predicted octanol–water partition coefficient (Wildman–Crippen LogP) is 3.10. The first-order chi connectivity index (χ1) is 8.83. The summed E-state index contributed by atoms with van der Waals surface area (Å²) in [6.45, 7) is 1.97. The Morgan fingerprint density at radius 3 is 2.89 bits per heavy atom. The van der Waals surface area contributed by atoms with E-state index in [-0.39, 0.29) is 0 Å². The van der Waals surface area contributed by atoms with Crippen molar-refractivity contribution in [1.82, 2.24) is 5.32 Å². The Morgan fingerprint density at radius 2 is 2.06 bits per heavy atom. The molecule has 0 atom stereocenters. The van der Waals surface area contributed by atoms with Gasteiger partial charge in [-0.3, -0.25) is 4.79 Å². The summed E-state index contributed by atoms with van der Waals surface area (Å²) in [5.74, 6) is 0.988. The molecule has 2 nitrogen and oxygen atoms in total. The van der Waals surface area contributed by atoms with Gasteiger partial charge in [0.2, 0.25) is 0 Å². The number of hydrogen-bond donors (Lipinski definition) is 1. The molecule has 0 unspecified atom stereocenters. The van der Waals surface area contributed by atoms with Gasteiger partial charge in [0.1, 0.15) is 0 Å². The number of fused-ring (bicyclic) bond motifs is 1. The molecule has 1 aliphatic carbocycles. The Morgan fingerprint density at radius 1 is 1.22 bits per heavy atom. The lowest BCUT2D eigenvalue weighted by Crippen LogP contribution is -2.23. The fraction of sp³-hybridized carbons (Fsp3) is 0.562. The number of carbonyl (C=O) groups excluding carboxylic acids is 1. The number of benzene rings is 1. The zero-order valence-electron chi connectivity index (χ0n) is 10.9. The van der Waals surface area contributed by atoms with E-state index in [0.29, 0.717) is 11.7 Å². The van der Waals surface area contributed by atoms with E-state index in [1.165, 1.54) is 36.8 Å². The first kappa shape index (κ1) is 11.9. The maximum Gasteiger partial charge on any atom is 0.163 e. The van der Waals surface area contributed by atoms with Crippen LogP contribution in [-0.4, -0.2) is 12.3 Å². The van der Waals surface area contributed by atoms with Gasteiger partial charge in [-0.05, 0) is 36.1 Å². The van der Waals surface area contributed by atoms with Crippen molar-refractivity contribution < 1.29 is 4.79 Å². The quantitative estimate of drug-likeness (QED) is 0.827. The average Bonchev–Trinajstić information content (AvgIpc) is 2.91. The topological polar surface area (TPSA) is 29.1 Å². The lowest BCUT2D eigenvalue weighted by molar-refractivity contribution is 0.0962. The van der Waals surface area contributed by atoms with Crippen LogP contribution in [0.4, 0.5) is 0 Å². The van der Waals surface area contributed by atoms with Crippen molar-refractivity contribution >= 4 is 5.78 Å². The number of carbonyl (C=O) groups is 1. The average molecular weight is 243 g/mol. The van der Waals surface area contributed by atoms with Crippen LogP contribution in [-0.2, 0) is 13.0 Å². The molecule has 1 aromatic carbocycles. The summed E-state index contributed by atoms with van der Waals surface area (Å²) < 4.78 is 0. The van der Waals surface area contributed by atoms with Crippen LogP contribution < -0.4 is 5.32 Å². The molecular formula is C16H21NO. The van der Waals surface area contributed by atoms with Crippen LogP contribution in [0.5, 0.6) is 0 Å². The summed E-state index contributed by atoms with van der Waals surface area (Å²) in [6.07, 6.45) is 6.97. The molecule has 1 saturated carbocycles. The lowest BCUT2D eigenvalue weighted by Gasteiger charge is -2.18. The van der Waals surface area contributed by atoms with Crippen molar-refractivity contribution in [1.29, 1.82) is 0 Å². The first-order valence-corrected chi connectivity index (χ1v) is 7.18. The van der Waals surface area contributed by atoms with Crippen molar-refractivity contribution in [3.05, 3.63) is 34.9 Å². The van der Waals surface area contributed by atoms with Gasteiger partial charge in [0.25, 0.3) is 0 Å². The minimum absolute atomic E-state index is 0.343. The predicted molar refractivity (Wildman–Crippen MR) is 72.8 cm³/mol. The van der Waals surface area contributed by atoms with Gasteiger partial charge in [-0.15, -0.1) is 0 Å². The van der Waals surface area contributed by atoms with Gasteiger partial charge >= 0.3 is 0 Å². The molecular weight excluding hydrogens is 222 g/mol. The third-order valence-electron chi connectivity index (χ3n) is 4.36. The molecule has 1 fully saturated rings. The number of hydrogen-bond acceptors (Lipinski definition) is 2. The van der Waals surface area contributed by atoms with Gasteiger partial charge in [-0.1, -0.05) is 37.8 Å². The summed E-state index contributed by atoms with van der Waals surface area (Å²) in [5, 5.41) is 3.37. The fourth-order valence-corrected chi connectivity index (χ4v) is 3.25. The Balaban J connectivity index is 1.73. The molecule has 0 bridgehead atoms. The van der Waals surface area contributed by atoms with Gasteiger partial charge < -0.3 is 5.32 Å². The lowest BCUT2D eigenvalue weighted by atomic mass is 9.93. The standard InChI is InChI=1S/C16H21NO/c18-16(9-12-3-1-2-4-12)14-6-5-13-7-8-17-11-15(13)10-14/h5-6,10,12,17H,1-4,7-9,11H2. The number of nitrogens with one attached hydrogen (secondary N) is 1. The highest BCUT2D eigenvalue weighted by Crippen LogP contribution is 2.29. The summed E-state index contributed by atoms with van der Waals surface area (Å²) in [5.41, 5.74) is 3.65. The Labute approximate surface area is 109 Å². The second-order valence-corrected chi connectivity index (χ2v) is 5.69. The van der Waals surface area contributed by atoms with E-state index in [0.717, 1.165) is 31.5 Å². The highest BCUT2D eigenvalue weighted by Gasteiger charge is 2.20. The second kappa shape index (κ2) is 5.23. The molecule has 1 aliphatic heterocycles. The van der Waals surface area contributed by atoms with Crippen molar-refractivity contribution in [2.24, 2.45) is 5.92 Å². The van der Waals surface area contributed by atoms with Crippen molar-refractivity contribution in [3.63, 3.8) is 0 Å². The van der Waals surface area contributed by atoms with Crippen LogP contribution in [0, 0.1) is 5.92 Å². The van der Waals surface area contributed by atoms with E-state index < -0.39 is 0 Å². The molecule has 3 rings (SSSR count). The van der Waals surface area contributed by atoms with Crippen molar-refractivity contribution in [2.75, 3.05) is 6.54 Å². The van der Waals surface area contributed by atoms with Gasteiger partial charge in [-0.25, -0.2) is 0 Å². The third kappa shape index (κ3) is 2.49. The Kier molecular flexibility index (Phi) is 3.46. The molecule has 96 valence electrons. The Bertz CT molecular complexity index is 446. The molecule has 0 spiro atoms. The molecule has 1 aromatic rings. The van der Waals surface area contributed by atoms with E-state index in [9.17, 15) is 4.79 Å². The van der Waals surface area contributed by atoms with Crippen LogP contribution >= 0.6 is 0 Å². The molecule has 0 aromatic heterocycles. The highest BCUT2D eigenvalue weighted by molar-refractivity contribution is 5.96. The van der Waals surface area contributed by atoms with Gasteiger partial charge in [0, 0.05) is 18.5 Å². The van der Waals surface area contributed by atoms with E-state index in [1.54, 1.807) is 0 Å². The number of ketones is 1. The van der Waals surface area contributed by atoms with Gasteiger partial charge in [0.05, 0.1) is 0 Å². The van der Waals surface area contributed by atoms with Crippen LogP contribution in [0.3, 0.4) is 0 Å². The zero-order chi connectivity index (χ0) is 12.4. The van der Waals surface area contributed by atoms with Crippen LogP contribution in [0.1, 0.15) is 53.6 Å². The van der Waals surface area contributed by atoms with E-state index in [4.69, 9.17) is 0 Å². The maximum absolute atomic E-state index is 12.3. The molecule has 1 heterocycles. The second-order valence-electron chi connectivity index (χ2n) is 5.69. The van der Waals surface area contributed by atoms with E-state index in [1.807, 2.05) is 6.07 Å². The summed E-state index contributed by atoms with van der Waals surface area (Å²) >= 11 is 0. The molecule has 2 heteroatoms. The minimum atomic E-state index is 0.343. The normalized spacial score (nSPS) is 19.8. The van der Waals surface area contributed by atoms with Gasteiger partial charge in [-0.2, -0.15) is 0 Å². The van der Waals surface area contributed by atoms with E-state index in [2.05, 4.69) is 17.4 Å². The number of rotatable bonds is 3. The molecule has 0 radical (unpaired) electrons. The van der Waals surface area contributed by atoms with E-state index >= 15 is 0 Å². The van der Waals surface area contributed by atoms with Crippen LogP contribution in [0.25, 0.3) is 0 Å². The first-order valence-electron chi connectivity index (χ1n) is 7.18.